The van der Waals surface area contributed by atoms with E-state index in [0.717, 1.165) is 16.8 Å². The van der Waals surface area contributed by atoms with E-state index in [9.17, 15) is 4.79 Å². The highest BCUT2D eigenvalue weighted by atomic mass is 16.5. The maximum Gasteiger partial charge on any atom is 0.295 e. The number of carbonyl (C=O) groups excluding carboxylic acids is 1. The van der Waals surface area contributed by atoms with Crippen LogP contribution in [0.3, 0.4) is 0 Å². The second kappa shape index (κ2) is 8.36. The highest BCUT2D eigenvalue weighted by Gasteiger charge is 2.51. The Hall–Kier alpha value is -4.25. The minimum Gasteiger partial charge on any atom is -0.436 e. The number of rotatable bonds is 6. The fraction of sp³-hybridized carbons (Fsp3) is 0.107. The van der Waals surface area contributed by atoms with Crippen molar-refractivity contribution in [3.05, 3.63) is 132 Å². The molecular formula is C28H23N3O2. The highest BCUT2D eigenvalue weighted by molar-refractivity contribution is 6.07. The van der Waals surface area contributed by atoms with E-state index in [-0.39, 0.29) is 5.78 Å². The lowest BCUT2D eigenvalue weighted by atomic mass is 9.92. The van der Waals surface area contributed by atoms with E-state index in [0.29, 0.717) is 29.3 Å². The van der Waals surface area contributed by atoms with E-state index in [1.165, 1.54) is 0 Å². The number of carbonyl (C=O) groups is 1. The summed E-state index contributed by atoms with van der Waals surface area (Å²) in [5.41, 5.74) is 2.15. The van der Waals surface area contributed by atoms with E-state index in [2.05, 4.69) is 6.58 Å². The van der Waals surface area contributed by atoms with Crippen LogP contribution in [0.25, 0.3) is 0 Å². The van der Waals surface area contributed by atoms with E-state index in [1.807, 2.05) is 91.9 Å². The Labute approximate surface area is 192 Å². The Bertz CT molecular complexity index is 1340. The van der Waals surface area contributed by atoms with Crippen LogP contribution in [0.4, 0.5) is 5.82 Å². The van der Waals surface area contributed by atoms with Crippen LogP contribution in [0, 0.1) is 6.92 Å². The summed E-state index contributed by atoms with van der Waals surface area (Å²) in [4.78, 5) is 19.1. The van der Waals surface area contributed by atoms with Crippen molar-refractivity contribution in [2.75, 3.05) is 0 Å². The molecule has 1 aliphatic rings. The molecule has 0 amide bonds. The molecule has 1 aliphatic heterocycles. The van der Waals surface area contributed by atoms with Crippen LogP contribution < -0.4 is 0 Å². The Balaban J connectivity index is 1.84. The normalized spacial score (nSPS) is 16.9. The number of hydrogen-bond donors (Lipinski definition) is 0. The minimum absolute atomic E-state index is 0.216. The third kappa shape index (κ3) is 3.38. The largest absolute Gasteiger partial charge is 0.436 e. The molecule has 0 radical (unpaired) electrons. The van der Waals surface area contributed by atoms with Crippen LogP contribution in [-0.2, 0) is 16.9 Å². The number of aliphatic imine (C=N–C) groups is 1. The predicted octanol–water partition coefficient (Wildman–Crippen LogP) is 5.61. The summed E-state index contributed by atoms with van der Waals surface area (Å²) < 4.78 is 8.25. The lowest BCUT2D eigenvalue weighted by Gasteiger charge is -2.37. The van der Waals surface area contributed by atoms with E-state index >= 15 is 0 Å². The van der Waals surface area contributed by atoms with Crippen molar-refractivity contribution in [3.8, 4) is 0 Å². The van der Waals surface area contributed by atoms with Gasteiger partial charge in [-0.05, 0) is 25.5 Å². The van der Waals surface area contributed by atoms with E-state index in [4.69, 9.17) is 14.8 Å². The smallest absolute Gasteiger partial charge is 0.295 e. The minimum atomic E-state index is -1.55. The molecule has 3 aromatic carbocycles. The Morgan fingerprint density at radius 1 is 0.970 bits per heavy atom. The topological polar surface area (TPSA) is 56.5 Å². The first-order valence-electron chi connectivity index (χ1n) is 10.8. The first kappa shape index (κ1) is 20.6. The van der Waals surface area contributed by atoms with Gasteiger partial charge in [-0.2, -0.15) is 14.8 Å². The van der Waals surface area contributed by atoms with Gasteiger partial charge in [-0.25, -0.2) is 0 Å². The van der Waals surface area contributed by atoms with Crippen LogP contribution in [0.15, 0.2) is 109 Å². The number of fused-ring (bicyclic) bond motifs is 1. The van der Waals surface area contributed by atoms with Gasteiger partial charge in [0.25, 0.3) is 5.72 Å². The number of ketones is 1. The second-order valence-electron chi connectivity index (χ2n) is 7.88. The van der Waals surface area contributed by atoms with Gasteiger partial charge in [-0.1, -0.05) is 84.9 Å². The second-order valence-corrected chi connectivity index (χ2v) is 7.88. The molecule has 33 heavy (non-hydrogen) atoms. The van der Waals surface area contributed by atoms with Crippen molar-refractivity contribution in [1.29, 1.82) is 0 Å². The van der Waals surface area contributed by atoms with Gasteiger partial charge in [0.1, 0.15) is 0 Å². The molecule has 4 aromatic rings. The van der Waals surface area contributed by atoms with Crippen LogP contribution >= 0.6 is 0 Å². The Morgan fingerprint density at radius 3 is 2.21 bits per heavy atom. The molecule has 1 aromatic heterocycles. The summed E-state index contributed by atoms with van der Waals surface area (Å²) in [5, 5.41) is 4.79. The zero-order chi connectivity index (χ0) is 22.8. The summed E-state index contributed by atoms with van der Waals surface area (Å²) in [6.45, 7) is 5.82. The van der Waals surface area contributed by atoms with Crippen LogP contribution in [-0.4, -0.2) is 21.5 Å². The molecular weight excluding hydrogens is 410 g/mol. The number of nitrogens with zero attached hydrogens (tertiary/aromatic N) is 3. The number of ether oxygens (including phenoxy) is 1. The lowest BCUT2D eigenvalue weighted by Crippen LogP contribution is -2.49. The molecule has 1 atom stereocenters. The van der Waals surface area contributed by atoms with Crippen molar-refractivity contribution < 1.29 is 9.53 Å². The number of aryl methyl sites for hydroxylation is 1. The molecule has 5 nitrogen and oxygen atoms in total. The van der Waals surface area contributed by atoms with Gasteiger partial charge in [0.15, 0.2) is 5.82 Å². The molecule has 0 spiro atoms. The SMILES string of the molecule is C=CCc1c(C)nn2c1N=C(c1ccccc1)OC2(C(=O)c1ccccc1)c1ccccc1. The molecule has 1 unspecified atom stereocenters. The molecule has 5 heteroatoms. The number of allylic oxidation sites excluding steroid dienone is 1. The zero-order valence-electron chi connectivity index (χ0n) is 18.3. The molecule has 0 aliphatic carbocycles. The molecule has 0 bridgehead atoms. The number of benzene rings is 3. The molecule has 5 rings (SSSR count). The van der Waals surface area contributed by atoms with E-state index in [1.54, 1.807) is 16.8 Å². The fourth-order valence-electron chi connectivity index (χ4n) is 4.18. The average Bonchev–Trinajstić information content (AvgIpc) is 3.20. The van der Waals surface area contributed by atoms with Gasteiger partial charge in [0.2, 0.25) is 11.7 Å². The summed E-state index contributed by atoms with van der Waals surface area (Å²) >= 11 is 0. The van der Waals surface area contributed by atoms with Gasteiger partial charge >= 0.3 is 0 Å². The van der Waals surface area contributed by atoms with Crippen LogP contribution in [0.2, 0.25) is 0 Å². The zero-order valence-corrected chi connectivity index (χ0v) is 18.3. The van der Waals surface area contributed by atoms with Gasteiger partial charge in [-0.15, -0.1) is 6.58 Å². The lowest BCUT2D eigenvalue weighted by molar-refractivity contribution is 0.0121. The first-order chi connectivity index (χ1) is 16.1. The number of aromatic nitrogens is 2. The maximum atomic E-state index is 14.3. The monoisotopic (exact) mass is 433 g/mol. The Morgan fingerprint density at radius 2 is 1.58 bits per heavy atom. The summed E-state index contributed by atoms with van der Waals surface area (Å²) in [5.74, 6) is 0.763. The Kier molecular flexibility index (Phi) is 5.23. The first-order valence-corrected chi connectivity index (χ1v) is 10.8. The van der Waals surface area contributed by atoms with Gasteiger partial charge in [-0.3, -0.25) is 4.79 Å². The average molecular weight is 434 g/mol. The van der Waals surface area contributed by atoms with Crippen LogP contribution in [0.1, 0.15) is 32.7 Å². The highest BCUT2D eigenvalue weighted by Crippen LogP contribution is 2.42. The van der Waals surface area contributed by atoms with Crippen molar-refractivity contribution in [1.82, 2.24) is 9.78 Å². The standard InChI is InChI=1S/C28H23N3O2/c1-3-13-24-20(2)30-31-26(24)29-27(22-16-9-5-10-17-22)33-28(31,23-18-11-6-12-19-23)25(32)21-14-7-4-8-15-21/h3-12,14-19H,1,13H2,2H3. The van der Waals surface area contributed by atoms with E-state index < -0.39 is 5.72 Å². The predicted molar refractivity (Wildman–Crippen MR) is 129 cm³/mol. The molecule has 0 saturated carbocycles. The molecule has 0 fully saturated rings. The molecule has 0 N–H and O–H groups in total. The van der Waals surface area contributed by atoms with Crippen molar-refractivity contribution in [2.24, 2.45) is 4.99 Å². The van der Waals surface area contributed by atoms with Crippen LogP contribution in [0.5, 0.6) is 0 Å². The third-order valence-corrected chi connectivity index (χ3v) is 5.79. The quantitative estimate of drug-likeness (QED) is 0.293. The summed E-state index contributed by atoms with van der Waals surface area (Å²) in [7, 11) is 0. The molecule has 0 saturated heterocycles. The van der Waals surface area contributed by atoms with Crippen molar-refractivity contribution >= 4 is 17.5 Å². The third-order valence-electron chi connectivity index (χ3n) is 5.79. The number of hydrogen-bond acceptors (Lipinski definition) is 4. The van der Waals surface area contributed by atoms with Gasteiger partial charge in [0, 0.05) is 22.3 Å². The fourth-order valence-corrected chi connectivity index (χ4v) is 4.18. The number of Topliss-reactive ketones (excluding diaryl/α,β-unsaturated/α-hetero) is 1. The summed E-state index contributed by atoms with van der Waals surface area (Å²) in [6, 6.07) is 28.3. The van der Waals surface area contributed by atoms with Gasteiger partial charge < -0.3 is 4.74 Å². The van der Waals surface area contributed by atoms with Gasteiger partial charge in [0.05, 0.1) is 5.69 Å². The summed E-state index contributed by atoms with van der Waals surface area (Å²) in [6.07, 6.45) is 2.40. The molecule has 2 heterocycles. The maximum absolute atomic E-state index is 14.3. The van der Waals surface area contributed by atoms with Crippen molar-refractivity contribution in [3.63, 3.8) is 0 Å². The molecule has 162 valence electrons. The van der Waals surface area contributed by atoms with Crippen molar-refractivity contribution in [2.45, 2.75) is 19.1 Å².